The van der Waals surface area contributed by atoms with Gasteiger partial charge in [-0.05, 0) is 30.5 Å². The van der Waals surface area contributed by atoms with E-state index in [-0.39, 0.29) is 0 Å². The summed E-state index contributed by atoms with van der Waals surface area (Å²) in [5, 5.41) is 41.1. The Balaban J connectivity index is 2.08. The van der Waals surface area contributed by atoms with Crippen molar-refractivity contribution in [1.82, 2.24) is 14.5 Å². The second-order valence-corrected chi connectivity index (χ2v) is 7.88. The molecule has 1 saturated carbocycles. The zero-order valence-electron chi connectivity index (χ0n) is 17.7. The van der Waals surface area contributed by atoms with Crippen LogP contribution in [0.5, 0.6) is 5.88 Å². The highest BCUT2D eigenvalue weighted by atomic mass is 16.4. The molecule has 0 bridgehead atoms. The van der Waals surface area contributed by atoms with E-state index in [1.54, 1.807) is 0 Å². The normalized spacial score (nSPS) is 14.9. The monoisotopic (exact) mass is 456 g/mol. The molecule has 1 aliphatic rings. The Morgan fingerprint density at radius 3 is 2.36 bits per heavy atom. The first kappa shape index (κ1) is 23.7. The van der Waals surface area contributed by atoms with Crippen LogP contribution in [0, 0.1) is 11.3 Å². The summed E-state index contributed by atoms with van der Waals surface area (Å²) >= 11 is 0. The number of aliphatic hydroxyl groups excluding tert-OH is 1. The van der Waals surface area contributed by atoms with Gasteiger partial charge in [-0.1, -0.05) is 31.4 Å². The lowest BCUT2D eigenvalue weighted by molar-refractivity contribution is -0.135. The number of benzene rings is 1. The number of nitriles is 1. The minimum Gasteiger partial charge on any atom is -0.494 e. The van der Waals surface area contributed by atoms with Crippen LogP contribution in [0.1, 0.15) is 65.7 Å². The lowest BCUT2D eigenvalue weighted by atomic mass is 9.95. The number of hydrogen-bond donors (Lipinski definition) is 4. The van der Waals surface area contributed by atoms with E-state index in [1.807, 2.05) is 11.4 Å². The second kappa shape index (κ2) is 10.1. The van der Waals surface area contributed by atoms with Gasteiger partial charge in [-0.3, -0.25) is 23.5 Å². The molecule has 0 aliphatic heterocycles. The van der Waals surface area contributed by atoms with E-state index in [2.05, 4.69) is 0 Å². The van der Waals surface area contributed by atoms with Gasteiger partial charge in [-0.2, -0.15) is 5.26 Å². The van der Waals surface area contributed by atoms with E-state index < -0.39 is 59.8 Å². The summed E-state index contributed by atoms with van der Waals surface area (Å²) in [5.41, 5.74) is -1.90. The summed E-state index contributed by atoms with van der Waals surface area (Å²) < 4.78 is 1.66. The SMILES string of the molecule is N#Cc1ccc(C(O)Cn2c(O)c(C(=O)NCC(=O)O)c(=O)n(C3CCCCC3)c2=O)cc1. The number of nitrogens with zero attached hydrogens (tertiary/aromatic N) is 3. The largest absolute Gasteiger partial charge is 0.494 e. The van der Waals surface area contributed by atoms with Gasteiger partial charge in [-0.15, -0.1) is 0 Å². The third-order valence-electron chi connectivity index (χ3n) is 5.70. The van der Waals surface area contributed by atoms with Gasteiger partial charge in [-0.25, -0.2) is 4.79 Å². The highest BCUT2D eigenvalue weighted by Gasteiger charge is 2.29. The predicted molar refractivity (Wildman–Crippen MR) is 115 cm³/mol. The van der Waals surface area contributed by atoms with Crippen molar-refractivity contribution < 1.29 is 24.9 Å². The molecule has 1 atom stereocenters. The summed E-state index contributed by atoms with van der Waals surface area (Å²) in [4.78, 5) is 49.6. The van der Waals surface area contributed by atoms with E-state index >= 15 is 0 Å². The molecule has 0 radical (unpaired) electrons. The Morgan fingerprint density at radius 1 is 1.15 bits per heavy atom. The fraction of sp³-hybridized carbons (Fsp3) is 0.409. The number of carbonyl (C=O) groups excluding carboxylic acids is 1. The number of carboxylic acid groups (broad SMARTS) is 1. The molecule has 1 aromatic carbocycles. The average molecular weight is 456 g/mol. The quantitative estimate of drug-likeness (QED) is 0.469. The molecule has 2 aromatic rings. The van der Waals surface area contributed by atoms with Crippen molar-refractivity contribution in [2.45, 2.75) is 50.8 Å². The minimum atomic E-state index is -1.35. The van der Waals surface area contributed by atoms with E-state index in [0.717, 1.165) is 28.4 Å². The minimum absolute atomic E-state index is 0.354. The van der Waals surface area contributed by atoms with Gasteiger partial charge in [0, 0.05) is 6.04 Å². The number of amides is 1. The maximum absolute atomic E-state index is 13.2. The van der Waals surface area contributed by atoms with Crippen LogP contribution >= 0.6 is 0 Å². The van der Waals surface area contributed by atoms with Crippen molar-refractivity contribution in [3.63, 3.8) is 0 Å². The fourth-order valence-corrected chi connectivity index (χ4v) is 3.99. The molecule has 1 aromatic heterocycles. The van der Waals surface area contributed by atoms with E-state index in [9.17, 15) is 29.4 Å². The van der Waals surface area contributed by atoms with Crippen LogP contribution in [0.25, 0.3) is 0 Å². The molecule has 1 aliphatic carbocycles. The summed E-state index contributed by atoms with van der Waals surface area (Å²) in [5.74, 6) is -3.43. The number of rotatable bonds is 7. The number of aromatic hydroxyl groups is 1. The van der Waals surface area contributed by atoms with Crippen molar-refractivity contribution in [3.05, 3.63) is 61.8 Å². The van der Waals surface area contributed by atoms with Gasteiger partial charge in [0.2, 0.25) is 5.88 Å². The van der Waals surface area contributed by atoms with Crippen LogP contribution in [0.3, 0.4) is 0 Å². The molecule has 11 nitrogen and oxygen atoms in total. The maximum Gasteiger partial charge on any atom is 0.334 e. The molecule has 0 saturated heterocycles. The number of aliphatic carboxylic acids is 1. The standard InChI is InChI=1S/C22H24N4O7/c23-10-13-6-8-14(9-7-13)16(27)12-25-20(31)18(19(30)24-11-17(28)29)21(32)26(22(25)33)15-4-2-1-3-5-15/h6-9,15-16,27,31H,1-5,11-12H2,(H,24,30)(H,28,29). The first-order valence-electron chi connectivity index (χ1n) is 10.5. The zero-order valence-corrected chi connectivity index (χ0v) is 17.7. The highest BCUT2D eigenvalue weighted by molar-refractivity contribution is 5.97. The first-order valence-corrected chi connectivity index (χ1v) is 10.5. The van der Waals surface area contributed by atoms with E-state index in [0.29, 0.717) is 24.0 Å². The highest BCUT2D eigenvalue weighted by Crippen LogP contribution is 2.27. The average Bonchev–Trinajstić information content (AvgIpc) is 2.81. The number of aliphatic hydroxyl groups is 1. The van der Waals surface area contributed by atoms with Crippen molar-refractivity contribution in [2.75, 3.05) is 6.54 Å². The maximum atomic E-state index is 13.2. The van der Waals surface area contributed by atoms with Gasteiger partial charge in [0.25, 0.3) is 11.5 Å². The molecule has 4 N–H and O–H groups in total. The fourth-order valence-electron chi connectivity index (χ4n) is 3.99. The van der Waals surface area contributed by atoms with Gasteiger partial charge in [0.15, 0.2) is 5.56 Å². The molecule has 0 spiro atoms. The summed E-state index contributed by atoms with van der Waals surface area (Å²) in [6.07, 6.45) is 2.29. The van der Waals surface area contributed by atoms with Crippen molar-refractivity contribution in [1.29, 1.82) is 5.26 Å². The lowest BCUT2D eigenvalue weighted by Gasteiger charge is -2.25. The molecule has 1 amide bonds. The summed E-state index contributed by atoms with van der Waals surface area (Å²) in [6.45, 7) is -1.25. The number of nitrogens with one attached hydrogen (secondary N) is 1. The Bertz CT molecular complexity index is 1200. The molecule has 11 heteroatoms. The van der Waals surface area contributed by atoms with Gasteiger partial charge in [0.1, 0.15) is 6.54 Å². The van der Waals surface area contributed by atoms with Crippen LogP contribution in [-0.2, 0) is 11.3 Å². The molecule has 174 valence electrons. The van der Waals surface area contributed by atoms with Crippen LogP contribution in [-0.4, -0.2) is 42.9 Å². The van der Waals surface area contributed by atoms with E-state index in [4.69, 9.17) is 10.4 Å². The lowest BCUT2D eigenvalue weighted by Crippen LogP contribution is -2.47. The molecule has 1 fully saturated rings. The van der Waals surface area contributed by atoms with E-state index in [1.165, 1.54) is 24.3 Å². The molecule has 1 heterocycles. The molecular formula is C22H24N4O7. The van der Waals surface area contributed by atoms with Crippen LogP contribution in [0.2, 0.25) is 0 Å². The third kappa shape index (κ3) is 5.12. The van der Waals surface area contributed by atoms with Crippen molar-refractivity contribution >= 4 is 11.9 Å². The van der Waals surface area contributed by atoms with Gasteiger partial charge in [0.05, 0.1) is 24.3 Å². The Kier molecular flexibility index (Phi) is 7.30. The molecule has 33 heavy (non-hydrogen) atoms. The topological polar surface area (TPSA) is 175 Å². The molecule has 1 unspecified atom stereocenters. The number of hydrogen-bond acceptors (Lipinski definition) is 7. The number of aromatic nitrogens is 2. The summed E-state index contributed by atoms with van der Waals surface area (Å²) in [6, 6.07) is 7.41. The zero-order chi connectivity index (χ0) is 24.1. The molecular weight excluding hydrogens is 432 g/mol. The van der Waals surface area contributed by atoms with Crippen molar-refractivity contribution in [2.24, 2.45) is 0 Å². The number of carboxylic acids is 1. The van der Waals surface area contributed by atoms with Crippen LogP contribution in [0.15, 0.2) is 33.9 Å². The third-order valence-corrected chi connectivity index (χ3v) is 5.70. The Hall–Kier alpha value is -3.91. The van der Waals surface area contributed by atoms with Crippen LogP contribution < -0.4 is 16.6 Å². The first-order chi connectivity index (χ1) is 15.7. The Labute approximate surface area is 188 Å². The Morgan fingerprint density at radius 2 is 1.79 bits per heavy atom. The summed E-state index contributed by atoms with van der Waals surface area (Å²) in [7, 11) is 0. The second-order valence-electron chi connectivity index (χ2n) is 7.88. The van der Waals surface area contributed by atoms with Crippen molar-refractivity contribution in [3.8, 4) is 11.9 Å². The molecule has 3 rings (SSSR count). The smallest absolute Gasteiger partial charge is 0.334 e. The van der Waals surface area contributed by atoms with Gasteiger partial charge < -0.3 is 20.6 Å². The van der Waals surface area contributed by atoms with Gasteiger partial charge >= 0.3 is 11.7 Å². The predicted octanol–water partition coefficient (Wildman–Crippen LogP) is 0.640. The number of carbonyl (C=O) groups is 2. The van der Waals surface area contributed by atoms with Crippen LogP contribution in [0.4, 0.5) is 0 Å².